The first-order valence-corrected chi connectivity index (χ1v) is 9.12. The minimum atomic E-state index is 0.0274. The van der Waals surface area contributed by atoms with Gasteiger partial charge < -0.3 is 15.2 Å². The Morgan fingerprint density at radius 2 is 1.89 bits per heavy atom. The largest absolute Gasteiger partial charge is 0.350 e. The Hall–Kier alpha value is -2.57. The van der Waals surface area contributed by atoms with Crippen LogP contribution >= 0.6 is 23.2 Å². The summed E-state index contributed by atoms with van der Waals surface area (Å²) in [6.45, 7) is 2.37. The van der Waals surface area contributed by atoms with Crippen LogP contribution in [0.25, 0.3) is 11.4 Å². The third-order valence-corrected chi connectivity index (χ3v) is 4.35. The molecule has 0 amide bonds. The number of aromatic nitrogens is 2. The zero-order valence-electron chi connectivity index (χ0n) is 14.9. The number of aliphatic imine (C=N–C) groups is 1. The Bertz CT molecular complexity index is 941. The van der Waals surface area contributed by atoms with E-state index in [9.17, 15) is 0 Å². The zero-order chi connectivity index (χ0) is 19.2. The lowest BCUT2D eigenvalue weighted by Gasteiger charge is -2.17. The summed E-state index contributed by atoms with van der Waals surface area (Å²) < 4.78 is 5.29. The van der Waals surface area contributed by atoms with Crippen LogP contribution in [0, 0.1) is 0 Å². The number of nitrogens with zero attached hydrogens (tertiary/aromatic N) is 3. The first kappa shape index (κ1) is 19.2. The molecule has 0 spiro atoms. The third-order valence-electron chi connectivity index (χ3n) is 3.88. The van der Waals surface area contributed by atoms with E-state index in [1.165, 1.54) is 0 Å². The van der Waals surface area contributed by atoms with Crippen LogP contribution in [-0.2, 0) is 6.54 Å². The van der Waals surface area contributed by atoms with E-state index >= 15 is 0 Å². The molecule has 0 radical (unpaired) electrons. The molecule has 6 nitrogen and oxygen atoms in total. The van der Waals surface area contributed by atoms with E-state index in [4.69, 9.17) is 27.7 Å². The van der Waals surface area contributed by atoms with Gasteiger partial charge in [0.15, 0.2) is 5.96 Å². The second-order valence-electron chi connectivity index (χ2n) is 5.87. The Labute approximate surface area is 167 Å². The minimum Gasteiger partial charge on any atom is -0.350 e. The molecule has 8 heteroatoms. The molecule has 3 aromatic rings. The van der Waals surface area contributed by atoms with Crippen LogP contribution in [0.15, 0.2) is 58.0 Å². The highest BCUT2D eigenvalue weighted by Gasteiger charge is 2.11. The highest BCUT2D eigenvalue weighted by molar-refractivity contribution is 6.31. The lowest BCUT2D eigenvalue weighted by molar-refractivity contribution is 0.375. The van der Waals surface area contributed by atoms with Gasteiger partial charge in [-0.25, -0.2) is 0 Å². The summed E-state index contributed by atoms with van der Waals surface area (Å²) in [5.41, 5.74) is 1.86. The maximum absolute atomic E-state index is 6.05. The molecule has 0 aliphatic rings. The van der Waals surface area contributed by atoms with Crippen molar-refractivity contribution in [3.63, 3.8) is 0 Å². The average molecular weight is 404 g/mol. The van der Waals surface area contributed by atoms with Gasteiger partial charge in [-0.05, 0) is 36.8 Å². The maximum atomic E-state index is 6.05. The van der Waals surface area contributed by atoms with Gasteiger partial charge in [-0.1, -0.05) is 52.6 Å². The molecule has 0 saturated carbocycles. The number of guanidine groups is 1. The highest BCUT2D eigenvalue weighted by atomic mass is 35.5. The molecule has 3 rings (SSSR count). The predicted molar refractivity (Wildman–Crippen MR) is 108 cm³/mol. The number of halogens is 2. The first-order chi connectivity index (χ1) is 13.0. The summed E-state index contributed by atoms with van der Waals surface area (Å²) in [4.78, 5) is 8.60. The molecule has 1 unspecified atom stereocenters. The predicted octanol–water partition coefficient (Wildman–Crippen LogP) is 4.47. The molecule has 1 heterocycles. The lowest BCUT2D eigenvalue weighted by atomic mass is 10.1. The standard InChI is InChI=1S/C19H19Cl2N5O/c1-12(13-5-3-7-15(20)9-13)24-19(22-2)23-11-17-25-18(26-27-17)14-6-4-8-16(21)10-14/h3-10,12H,11H2,1-2H3,(H2,22,23,24). The fourth-order valence-electron chi connectivity index (χ4n) is 2.49. The Morgan fingerprint density at radius 3 is 2.59 bits per heavy atom. The zero-order valence-corrected chi connectivity index (χ0v) is 16.4. The van der Waals surface area contributed by atoms with E-state index in [2.05, 4.69) is 25.8 Å². The quantitative estimate of drug-likeness (QED) is 0.485. The SMILES string of the molecule is CN=C(NCc1nc(-c2cccc(Cl)c2)no1)NC(C)c1cccc(Cl)c1. The van der Waals surface area contributed by atoms with Gasteiger partial charge in [-0.3, -0.25) is 4.99 Å². The van der Waals surface area contributed by atoms with Crippen molar-refractivity contribution in [2.24, 2.45) is 4.99 Å². The van der Waals surface area contributed by atoms with E-state index in [-0.39, 0.29) is 6.04 Å². The van der Waals surface area contributed by atoms with Crippen molar-refractivity contribution < 1.29 is 4.52 Å². The molecule has 1 atom stereocenters. The fraction of sp³-hybridized carbons (Fsp3) is 0.211. The van der Waals surface area contributed by atoms with Gasteiger partial charge in [-0.15, -0.1) is 0 Å². The van der Waals surface area contributed by atoms with Crippen LogP contribution < -0.4 is 10.6 Å². The number of benzene rings is 2. The van der Waals surface area contributed by atoms with E-state index < -0.39 is 0 Å². The van der Waals surface area contributed by atoms with E-state index in [0.717, 1.165) is 11.1 Å². The first-order valence-electron chi connectivity index (χ1n) is 8.36. The van der Waals surface area contributed by atoms with Gasteiger partial charge in [0, 0.05) is 22.7 Å². The summed E-state index contributed by atoms with van der Waals surface area (Å²) >= 11 is 12.1. The molecule has 0 aliphatic carbocycles. The van der Waals surface area contributed by atoms with Crippen molar-refractivity contribution in [2.75, 3.05) is 7.05 Å². The van der Waals surface area contributed by atoms with Gasteiger partial charge >= 0.3 is 0 Å². The van der Waals surface area contributed by atoms with Crippen LogP contribution in [0.5, 0.6) is 0 Å². The van der Waals surface area contributed by atoms with Gasteiger partial charge in [0.05, 0.1) is 12.6 Å². The van der Waals surface area contributed by atoms with Crippen LogP contribution in [0.3, 0.4) is 0 Å². The molecule has 2 aromatic carbocycles. The van der Waals surface area contributed by atoms with Crippen molar-refractivity contribution in [1.82, 2.24) is 20.8 Å². The molecule has 0 fully saturated rings. The molecular formula is C19H19Cl2N5O. The summed E-state index contributed by atoms with van der Waals surface area (Å²) in [6.07, 6.45) is 0. The molecule has 0 bridgehead atoms. The Balaban J connectivity index is 1.60. The van der Waals surface area contributed by atoms with Crippen molar-refractivity contribution in [3.05, 3.63) is 70.0 Å². The average Bonchev–Trinajstić information content (AvgIpc) is 3.14. The number of rotatable bonds is 5. The summed E-state index contributed by atoms with van der Waals surface area (Å²) in [7, 11) is 1.70. The lowest BCUT2D eigenvalue weighted by Crippen LogP contribution is -2.38. The summed E-state index contributed by atoms with van der Waals surface area (Å²) in [6, 6.07) is 15.0. The van der Waals surface area contributed by atoms with Gasteiger partial charge in [0.2, 0.25) is 11.7 Å². The maximum Gasteiger partial charge on any atom is 0.246 e. The molecule has 1 aromatic heterocycles. The molecule has 27 heavy (non-hydrogen) atoms. The molecule has 2 N–H and O–H groups in total. The molecule has 140 valence electrons. The Morgan fingerprint density at radius 1 is 1.15 bits per heavy atom. The minimum absolute atomic E-state index is 0.0274. The van der Waals surface area contributed by atoms with Crippen LogP contribution in [0.4, 0.5) is 0 Å². The smallest absolute Gasteiger partial charge is 0.246 e. The van der Waals surface area contributed by atoms with E-state index in [1.807, 2.05) is 43.3 Å². The number of nitrogens with one attached hydrogen (secondary N) is 2. The molecule has 0 saturated heterocycles. The molecular weight excluding hydrogens is 385 g/mol. The van der Waals surface area contributed by atoms with Crippen LogP contribution in [-0.4, -0.2) is 23.1 Å². The van der Waals surface area contributed by atoms with Crippen molar-refractivity contribution in [1.29, 1.82) is 0 Å². The topological polar surface area (TPSA) is 75.3 Å². The normalized spacial score (nSPS) is 12.7. The Kier molecular flexibility index (Phi) is 6.32. The van der Waals surface area contributed by atoms with Crippen molar-refractivity contribution in [3.8, 4) is 11.4 Å². The third kappa shape index (κ3) is 5.21. The monoisotopic (exact) mass is 403 g/mol. The van der Waals surface area contributed by atoms with Gasteiger partial charge in [-0.2, -0.15) is 4.98 Å². The summed E-state index contributed by atoms with van der Waals surface area (Å²) in [5.74, 6) is 1.55. The number of hydrogen-bond donors (Lipinski definition) is 2. The highest BCUT2D eigenvalue weighted by Crippen LogP contribution is 2.20. The summed E-state index contributed by atoms with van der Waals surface area (Å²) in [5, 5.41) is 11.8. The van der Waals surface area contributed by atoms with Crippen molar-refractivity contribution >= 4 is 29.2 Å². The van der Waals surface area contributed by atoms with Gasteiger partial charge in [0.25, 0.3) is 0 Å². The van der Waals surface area contributed by atoms with Crippen LogP contribution in [0.2, 0.25) is 10.0 Å². The second-order valence-corrected chi connectivity index (χ2v) is 6.74. The molecule has 0 aliphatic heterocycles. The second kappa shape index (κ2) is 8.88. The van der Waals surface area contributed by atoms with E-state index in [1.54, 1.807) is 19.2 Å². The van der Waals surface area contributed by atoms with E-state index in [0.29, 0.717) is 34.3 Å². The van der Waals surface area contributed by atoms with Gasteiger partial charge in [0.1, 0.15) is 0 Å². The number of hydrogen-bond acceptors (Lipinski definition) is 4. The van der Waals surface area contributed by atoms with Crippen molar-refractivity contribution in [2.45, 2.75) is 19.5 Å². The van der Waals surface area contributed by atoms with Crippen LogP contribution in [0.1, 0.15) is 24.4 Å². The fourth-order valence-corrected chi connectivity index (χ4v) is 2.88.